The van der Waals surface area contributed by atoms with Gasteiger partial charge in [-0.2, -0.15) is 0 Å². The molecule has 0 radical (unpaired) electrons. The van der Waals surface area contributed by atoms with Crippen LogP contribution in [0.5, 0.6) is 0 Å². The first kappa shape index (κ1) is 19.8. The van der Waals surface area contributed by atoms with E-state index in [9.17, 15) is 19.7 Å². The predicted octanol–water partition coefficient (Wildman–Crippen LogP) is 3.67. The second-order valence-corrected chi connectivity index (χ2v) is 6.23. The highest BCUT2D eigenvalue weighted by Gasteiger charge is 2.12. The lowest BCUT2D eigenvalue weighted by Gasteiger charge is -2.09. The second kappa shape index (κ2) is 9.27. The zero-order valence-corrected chi connectivity index (χ0v) is 15.5. The molecule has 0 saturated carbocycles. The Bertz CT molecular complexity index is 1020. The van der Waals surface area contributed by atoms with Crippen LogP contribution in [0.3, 0.4) is 0 Å². The van der Waals surface area contributed by atoms with Gasteiger partial charge in [-0.15, -0.1) is 0 Å². The molecule has 1 amide bonds. The molecule has 0 bridgehead atoms. The van der Waals surface area contributed by atoms with Gasteiger partial charge in [0.2, 0.25) is 0 Å². The average molecular weight is 389 g/mol. The number of para-hydroxylation sites is 2. The summed E-state index contributed by atoms with van der Waals surface area (Å²) in [7, 11) is 0. The van der Waals surface area contributed by atoms with Crippen molar-refractivity contribution in [1.82, 2.24) is 5.32 Å². The lowest BCUT2D eigenvalue weighted by Crippen LogP contribution is -2.28. The number of hydrogen-bond donors (Lipinski definition) is 2. The fraction of sp³-hybridized carbons (Fsp3) is 0.0909. The lowest BCUT2D eigenvalue weighted by molar-refractivity contribution is -0.384. The van der Waals surface area contributed by atoms with Crippen molar-refractivity contribution in [3.8, 4) is 0 Å². The Labute approximate surface area is 167 Å². The minimum Gasteiger partial charge on any atom is -0.378 e. The molecule has 0 heterocycles. The molecule has 2 N–H and O–H groups in total. The molecule has 0 atom stereocenters. The number of nitro groups is 1. The van der Waals surface area contributed by atoms with Crippen LogP contribution in [0.25, 0.3) is 0 Å². The van der Waals surface area contributed by atoms with Gasteiger partial charge in [0, 0.05) is 35.8 Å². The Morgan fingerprint density at radius 3 is 2.03 bits per heavy atom. The SMILES string of the molecule is O=C(NCCNc1ccccc1[N+](=O)[O-])c1ccc(C(=O)c2ccccc2)cc1. The van der Waals surface area contributed by atoms with Crippen LogP contribution in [-0.4, -0.2) is 29.7 Å². The summed E-state index contributed by atoms with van der Waals surface area (Å²) in [6.45, 7) is 0.622. The number of amides is 1. The fourth-order valence-corrected chi connectivity index (χ4v) is 2.79. The maximum atomic E-state index is 12.4. The highest BCUT2D eigenvalue weighted by atomic mass is 16.6. The van der Waals surface area contributed by atoms with E-state index in [0.29, 0.717) is 28.9 Å². The van der Waals surface area contributed by atoms with Crippen LogP contribution in [0.1, 0.15) is 26.3 Å². The number of ketones is 1. The molecule has 3 aromatic carbocycles. The first-order valence-corrected chi connectivity index (χ1v) is 9.01. The van der Waals surface area contributed by atoms with E-state index in [2.05, 4.69) is 10.6 Å². The highest BCUT2D eigenvalue weighted by molar-refractivity contribution is 6.09. The molecule has 0 unspecified atom stereocenters. The maximum Gasteiger partial charge on any atom is 0.292 e. The monoisotopic (exact) mass is 389 g/mol. The zero-order valence-electron chi connectivity index (χ0n) is 15.5. The number of nitrogens with zero attached hydrogens (tertiary/aromatic N) is 1. The highest BCUT2D eigenvalue weighted by Crippen LogP contribution is 2.22. The summed E-state index contributed by atoms with van der Waals surface area (Å²) in [5.74, 6) is -0.390. The standard InChI is InChI=1S/C22H19N3O4/c26-21(16-6-2-1-3-7-16)17-10-12-18(13-11-17)22(27)24-15-14-23-19-8-4-5-9-20(19)25(28)29/h1-13,23H,14-15H2,(H,24,27). The number of hydrogen-bond acceptors (Lipinski definition) is 5. The summed E-state index contributed by atoms with van der Waals surface area (Å²) < 4.78 is 0. The Balaban J connectivity index is 1.53. The van der Waals surface area contributed by atoms with Gasteiger partial charge >= 0.3 is 0 Å². The van der Waals surface area contributed by atoms with Gasteiger partial charge in [0.05, 0.1) is 4.92 Å². The lowest BCUT2D eigenvalue weighted by atomic mass is 10.0. The molecule has 3 aromatic rings. The quantitative estimate of drug-likeness (QED) is 0.265. The first-order chi connectivity index (χ1) is 14.1. The summed E-state index contributed by atoms with van der Waals surface area (Å²) in [5, 5.41) is 16.7. The van der Waals surface area contributed by atoms with Gasteiger partial charge in [-0.3, -0.25) is 19.7 Å². The van der Waals surface area contributed by atoms with Crippen molar-refractivity contribution in [2.75, 3.05) is 18.4 Å². The predicted molar refractivity (Wildman–Crippen MR) is 110 cm³/mol. The molecular weight excluding hydrogens is 370 g/mol. The van der Waals surface area contributed by atoms with E-state index in [1.165, 1.54) is 6.07 Å². The number of benzene rings is 3. The van der Waals surface area contributed by atoms with Crippen molar-refractivity contribution in [2.24, 2.45) is 0 Å². The molecule has 7 nitrogen and oxygen atoms in total. The van der Waals surface area contributed by atoms with Crippen LogP contribution in [0.4, 0.5) is 11.4 Å². The molecule has 7 heteroatoms. The molecule has 29 heavy (non-hydrogen) atoms. The van der Waals surface area contributed by atoms with Crippen LogP contribution < -0.4 is 10.6 Å². The first-order valence-electron chi connectivity index (χ1n) is 9.01. The smallest absolute Gasteiger partial charge is 0.292 e. The molecule has 0 saturated heterocycles. The third kappa shape index (κ3) is 5.04. The largest absolute Gasteiger partial charge is 0.378 e. The van der Waals surface area contributed by atoms with Crippen LogP contribution >= 0.6 is 0 Å². The van der Waals surface area contributed by atoms with E-state index < -0.39 is 4.92 Å². The van der Waals surface area contributed by atoms with Gasteiger partial charge in [-0.25, -0.2) is 0 Å². The zero-order chi connectivity index (χ0) is 20.6. The topological polar surface area (TPSA) is 101 Å². The Morgan fingerprint density at radius 1 is 0.759 bits per heavy atom. The van der Waals surface area contributed by atoms with E-state index in [1.54, 1.807) is 66.7 Å². The van der Waals surface area contributed by atoms with Gasteiger partial charge in [-0.05, 0) is 18.2 Å². The van der Waals surface area contributed by atoms with Crippen molar-refractivity contribution in [2.45, 2.75) is 0 Å². The fourth-order valence-electron chi connectivity index (χ4n) is 2.79. The minimum atomic E-state index is -0.459. The van der Waals surface area contributed by atoms with Crippen LogP contribution in [0.15, 0.2) is 78.9 Å². The Kier molecular flexibility index (Phi) is 6.32. The van der Waals surface area contributed by atoms with Gasteiger partial charge in [0.25, 0.3) is 11.6 Å². The molecule has 0 fully saturated rings. The van der Waals surface area contributed by atoms with Gasteiger partial charge in [-0.1, -0.05) is 54.6 Å². The van der Waals surface area contributed by atoms with Crippen molar-refractivity contribution in [3.63, 3.8) is 0 Å². The number of nitro benzene ring substituents is 1. The summed E-state index contributed by atoms with van der Waals surface area (Å²) in [4.78, 5) is 35.2. The number of carbonyl (C=O) groups is 2. The normalized spacial score (nSPS) is 10.2. The molecule has 0 aliphatic carbocycles. The third-order valence-corrected chi connectivity index (χ3v) is 4.27. The Hall–Kier alpha value is -4.00. The van der Waals surface area contributed by atoms with Gasteiger partial charge in [0.1, 0.15) is 5.69 Å². The number of rotatable bonds is 8. The molecule has 3 rings (SSSR count). The maximum absolute atomic E-state index is 12.4. The second-order valence-electron chi connectivity index (χ2n) is 6.23. The number of anilines is 1. The number of carbonyl (C=O) groups excluding carboxylic acids is 2. The van der Waals surface area contributed by atoms with Crippen LogP contribution in [-0.2, 0) is 0 Å². The summed E-state index contributed by atoms with van der Waals surface area (Å²) in [5.41, 5.74) is 1.91. The van der Waals surface area contributed by atoms with Crippen molar-refractivity contribution in [3.05, 3.63) is 106 Å². The molecule has 0 aromatic heterocycles. The van der Waals surface area contributed by atoms with Crippen LogP contribution in [0, 0.1) is 10.1 Å². The summed E-state index contributed by atoms with van der Waals surface area (Å²) in [6.07, 6.45) is 0. The van der Waals surface area contributed by atoms with E-state index in [4.69, 9.17) is 0 Å². The van der Waals surface area contributed by atoms with Gasteiger partial charge < -0.3 is 10.6 Å². The van der Waals surface area contributed by atoms with E-state index >= 15 is 0 Å². The molecular formula is C22H19N3O4. The van der Waals surface area contributed by atoms with E-state index in [0.717, 1.165) is 0 Å². The van der Waals surface area contributed by atoms with Crippen LogP contribution in [0.2, 0.25) is 0 Å². The van der Waals surface area contributed by atoms with Crippen molar-refractivity contribution < 1.29 is 14.5 Å². The molecule has 0 aliphatic rings. The van der Waals surface area contributed by atoms with E-state index in [1.807, 2.05) is 6.07 Å². The summed E-state index contributed by atoms with van der Waals surface area (Å²) >= 11 is 0. The summed E-state index contributed by atoms with van der Waals surface area (Å²) in [6, 6.07) is 21.7. The average Bonchev–Trinajstić information content (AvgIpc) is 2.77. The molecule has 146 valence electrons. The molecule has 0 aliphatic heterocycles. The van der Waals surface area contributed by atoms with Crippen molar-refractivity contribution >= 4 is 23.1 Å². The minimum absolute atomic E-state index is 0.0162. The molecule has 0 spiro atoms. The number of nitrogens with one attached hydrogen (secondary N) is 2. The third-order valence-electron chi connectivity index (χ3n) is 4.27. The Morgan fingerprint density at radius 2 is 1.34 bits per heavy atom. The van der Waals surface area contributed by atoms with Gasteiger partial charge in [0.15, 0.2) is 5.78 Å². The van der Waals surface area contributed by atoms with E-state index in [-0.39, 0.29) is 23.9 Å². The van der Waals surface area contributed by atoms with Crippen molar-refractivity contribution in [1.29, 1.82) is 0 Å².